The molecule has 2 rings (SSSR count). The Balaban J connectivity index is 1.99. The fourth-order valence-electron chi connectivity index (χ4n) is 1.89. The van der Waals surface area contributed by atoms with Gasteiger partial charge in [-0.25, -0.2) is 12.8 Å². The van der Waals surface area contributed by atoms with Gasteiger partial charge >= 0.3 is 0 Å². The van der Waals surface area contributed by atoms with Crippen molar-refractivity contribution in [1.82, 2.24) is 10.3 Å². The molecule has 0 aliphatic heterocycles. The van der Waals surface area contributed by atoms with Gasteiger partial charge in [-0.3, -0.25) is 10.2 Å². The van der Waals surface area contributed by atoms with Gasteiger partial charge in [-0.1, -0.05) is 0 Å². The van der Waals surface area contributed by atoms with Gasteiger partial charge in [0.05, 0.1) is 14.2 Å². The molecule has 140 valence electrons. The van der Waals surface area contributed by atoms with Crippen LogP contribution in [0, 0.1) is 5.82 Å². The van der Waals surface area contributed by atoms with E-state index < -0.39 is 28.4 Å². The van der Waals surface area contributed by atoms with Crippen LogP contribution in [0.2, 0.25) is 0 Å². The Morgan fingerprint density at radius 2 is 1.69 bits per heavy atom. The zero-order chi connectivity index (χ0) is 19.2. The van der Waals surface area contributed by atoms with Crippen molar-refractivity contribution in [3.05, 3.63) is 48.3 Å². The Kier molecular flexibility index (Phi) is 6.36. The maximum absolute atomic E-state index is 12.8. The first kappa shape index (κ1) is 19.5. The van der Waals surface area contributed by atoms with Gasteiger partial charge in [0.15, 0.2) is 6.61 Å². The normalized spacial score (nSPS) is 10.9. The van der Waals surface area contributed by atoms with Crippen molar-refractivity contribution in [2.45, 2.75) is 4.90 Å². The van der Waals surface area contributed by atoms with E-state index in [9.17, 15) is 17.6 Å². The van der Waals surface area contributed by atoms with Gasteiger partial charge in [0.1, 0.15) is 28.0 Å². The molecule has 0 atom stereocenters. The zero-order valence-electron chi connectivity index (χ0n) is 14.0. The minimum atomic E-state index is -4.11. The van der Waals surface area contributed by atoms with Crippen LogP contribution in [0.25, 0.3) is 0 Å². The van der Waals surface area contributed by atoms with Gasteiger partial charge in [0, 0.05) is 6.07 Å². The molecule has 0 unspecified atom stereocenters. The second kappa shape index (κ2) is 8.50. The zero-order valence-corrected chi connectivity index (χ0v) is 14.8. The van der Waals surface area contributed by atoms with Crippen LogP contribution < -0.4 is 24.5 Å². The molecule has 0 spiro atoms. The molecule has 0 bridgehead atoms. The Morgan fingerprint density at radius 3 is 2.31 bits per heavy atom. The summed E-state index contributed by atoms with van der Waals surface area (Å²) in [7, 11) is -1.41. The summed E-state index contributed by atoms with van der Waals surface area (Å²) in [6.07, 6.45) is 0. The monoisotopic (exact) mass is 384 g/mol. The fourth-order valence-corrected chi connectivity index (χ4v) is 2.93. The second-order valence-electron chi connectivity index (χ2n) is 4.91. The quantitative estimate of drug-likeness (QED) is 0.664. The second-order valence-corrected chi connectivity index (χ2v) is 6.56. The number of hydrogen-bond acceptors (Lipinski definition) is 6. The van der Waals surface area contributed by atoms with E-state index >= 15 is 0 Å². The highest BCUT2D eigenvalue weighted by atomic mass is 32.2. The molecule has 2 aromatic carbocycles. The molecule has 2 N–H and O–H groups in total. The summed E-state index contributed by atoms with van der Waals surface area (Å²) in [5.41, 5.74) is 2.02. The third-order valence-corrected chi connectivity index (χ3v) is 4.44. The molecule has 0 saturated heterocycles. The first-order valence-electron chi connectivity index (χ1n) is 7.27. The van der Waals surface area contributed by atoms with Gasteiger partial charge in [-0.15, -0.1) is 4.83 Å². The Bertz CT molecular complexity index is 871. The van der Waals surface area contributed by atoms with Gasteiger partial charge < -0.3 is 14.2 Å². The third-order valence-electron chi connectivity index (χ3n) is 3.17. The van der Waals surface area contributed by atoms with Crippen molar-refractivity contribution < 1.29 is 31.8 Å². The number of nitrogens with one attached hydrogen (secondary N) is 2. The molecule has 0 heterocycles. The Morgan fingerprint density at radius 1 is 1.04 bits per heavy atom. The van der Waals surface area contributed by atoms with Crippen LogP contribution in [0.5, 0.6) is 17.2 Å². The highest BCUT2D eigenvalue weighted by Crippen LogP contribution is 2.27. The number of carbonyl (C=O) groups excluding carboxylic acids is 1. The van der Waals surface area contributed by atoms with Crippen LogP contribution in [0.1, 0.15) is 0 Å². The first-order valence-corrected chi connectivity index (χ1v) is 8.75. The van der Waals surface area contributed by atoms with E-state index in [1.807, 2.05) is 10.3 Å². The van der Waals surface area contributed by atoms with E-state index in [-0.39, 0.29) is 16.4 Å². The predicted molar refractivity (Wildman–Crippen MR) is 89.9 cm³/mol. The summed E-state index contributed by atoms with van der Waals surface area (Å²) in [5.74, 6) is -0.548. The predicted octanol–water partition coefficient (Wildman–Crippen LogP) is 1.23. The minimum Gasteiger partial charge on any atom is -0.497 e. The number of hydrazine groups is 1. The molecule has 0 radical (unpaired) electrons. The molecule has 1 amide bonds. The van der Waals surface area contributed by atoms with E-state index in [0.717, 1.165) is 0 Å². The summed E-state index contributed by atoms with van der Waals surface area (Å²) in [6.45, 7) is -0.469. The van der Waals surface area contributed by atoms with Gasteiger partial charge in [0.2, 0.25) is 0 Å². The van der Waals surface area contributed by atoms with Crippen molar-refractivity contribution in [3.8, 4) is 17.2 Å². The van der Waals surface area contributed by atoms with Crippen LogP contribution in [0.4, 0.5) is 4.39 Å². The van der Waals surface area contributed by atoms with Crippen LogP contribution in [0.3, 0.4) is 0 Å². The Labute approximate surface area is 149 Å². The standard InChI is InChI=1S/C16H17FN2O6S/c1-23-13-7-8-14(24-2)15(9-13)26(21,22)19-18-16(20)10-25-12-5-3-11(17)4-6-12/h3-9,19H,10H2,1-2H3,(H,18,20). The third kappa shape index (κ3) is 5.07. The van der Waals surface area contributed by atoms with Crippen molar-refractivity contribution in [3.63, 3.8) is 0 Å². The van der Waals surface area contributed by atoms with Crippen LogP contribution in [-0.2, 0) is 14.8 Å². The summed E-state index contributed by atoms with van der Waals surface area (Å²) in [6, 6.07) is 9.24. The SMILES string of the molecule is COc1ccc(OC)c(S(=O)(=O)NNC(=O)COc2ccc(F)cc2)c1. The van der Waals surface area contributed by atoms with Gasteiger partial charge in [0.25, 0.3) is 15.9 Å². The van der Waals surface area contributed by atoms with Crippen LogP contribution in [0.15, 0.2) is 47.4 Å². The molecule has 0 saturated carbocycles. The number of methoxy groups -OCH3 is 2. The van der Waals surface area contributed by atoms with E-state index in [0.29, 0.717) is 5.75 Å². The summed E-state index contributed by atoms with van der Waals surface area (Å²) >= 11 is 0. The van der Waals surface area contributed by atoms with E-state index in [1.54, 1.807) is 0 Å². The lowest BCUT2D eigenvalue weighted by molar-refractivity contribution is -0.123. The summed E-state index contributed by atoms with van der Waals surface area (Å²) in [5, 5.41) is 0. The summed E-state index contributed by atoms with van der Waals surface area (Å²) < 4.78 is 52.6. The maximum atomic E-state index is 12.8. The number of ether oxygens (including phenoxy) is 3. The molecule has 0 fully saturated rings. The van der Waals surface area contributed by atoms with E-state index in [4.69, 9.17) is 14.2 Å². The number of sulfonamides is 1. The van der Waals surface area contributed by atoms with E-state index in [1.165, 1.54) is 56.7 Å². The maximum Gasteiger partial charge on any atom is 0.272 e. The van der Waals surface area contributed by atoms with Crippen LogP contribution >= 0.6 is 0 Å². The highest BCUT2D eigenvalue weighted by molar-refractivity contribution is 7.89. The van der Waals surface area contributed by atoms with Crippen LogP contribution in [-0.4, -0.2) is 35.2 Å². The molecular weight excluding hydrogens is 367 g/mol. The van der Waals surface area contributed by atoms with Crippen molar-refractivity contribution in [2.24, 2.45) is 0 Å². The van der Waals surface area contributed by atoms with Gasteiger partial charge in [-0.2, -0.15) is 0 Å². The topological polar surface area (TPSA) is 103 Å². The van der Waals surface area contributed by atoms with Gasteiger partial charge in [-0.05, 0) is 36.4 Å². The highest BCUT2D eigenvalue weighted by Gasteiger charge is 2.21. The number of amides is 1. The lowest BCUT2D eigenvalue weighted by atomic mass is 10.3. The largest absolute Gasteiger partial charge is 0.497 e. The number of rotatable bonds is 8. The number of hydrogen-bond donors (Lipinski definition) is 2. The fraction of sp³-hybridized carbons (Fsp3) is 0.188. The summed E-state index contributed by atoms with van der Waals surface area (Å²) in [4.78, 5) is 13.5. The first-order chi connectivity index (χ1) is 12.4. The smallest absolute Gasteiger partial charge is 0.272 e. The molecule has 0 aliphatic carbocycles. The van der Waals surface area contributed by atoms with E-state index in [2.05, 4.69) is 0 Å². The average Bonchev–Trinajstić information content (AvgIpc) is 2.65. The lowest BCUT2D eigenvalue weighted by Gasteiger charge is -2.13. The Hall–Kier alpha value is -2.85. The van der Waals surface area contributed by atoms with Crippen molar-refractivity contribution in [1.29, 1.82) is 0 Å². The number of halogens is 1. The van der Waals surface area contributed by atoms with Crippen molar-refractivity contribution >= 4 is 15.9 Å². The molecule has 10 heteroatoms. The minimum absolute atomic E-state index is 0.0788. The number of carbonyl (C=O) groups is 1. The van der Waals surface area contributed by atoms with Crippen molar-refractivity contribution in [2.75, 3.05) is 20.8 Å². The average molecular weight is 384 g/mol. The molecule has 8 nitrogen and oxygen atoms in total. The molecule has 0 aromatic heterocycles. The number of benzene rings is 2. The molecular formula is C16H17FN2O6S. The molecule has 2 aromatic rings. The molecule has 0 aliphatic rings. The lowest BCUT2D eigenvalue weighted by Crippen LogP contribution is -2.43. The molecule has 26 heavy (non-hydrogen) atoms.